The van der Waals surface area contributed by atoms with Crippen LogP contribution in [0.5, 0.6) is 0 Å². The molecule has 0 fully saturated rings. The van der Waals surface area contributed by atoms with Crippen LogP contribution in [0.1, 0.15) is 117 Å². The van der Waals surface area contributed by atoms with Gasteiger partial charge in [0.1, 0.15) is 5.82 Å². The van der Waals surface area contributed by atoms with Crippen LogP contribution >= 0.6 is 0 Å². The van der Waals surface area contributed by atoms with Gasteiger partial charge in [-0.1, -0.05) is 96.3 Å². The number of anilines is 1. The molecule has 0 unspecified atom stereocenters. The number of hydrogen-bond acceptors (Lipinski definition) is 6. The van der Waals surface area contributed by atoms with Crippen molar-refractivity contribution in [2.75, 3.05) is 25.1 Å². The summed E-state index contributed by atoms with van der Waals surface area (Å²) in [5, 5.41) is 3.19. The molecule has 1 N–H and O–H groups in total. The number of carbonyl (C=O) groups is 2. The zero-order valence-electron chi connectivity index (χ0n) is 22.9. The molecule has 1 aromatic heterocycles. The first-order valence-electron chi connectivity index (χ1n) is 14.3. The summed E-state index contributed by atoms with van der Waals surface area (Å²) >= 11 is 0. The number of nitrogens with zero attached hydrogens (tertiary/aromatic N) is 1. The molecule has 0 amide bonds. The van der Waals surface area contributed by atoms with Gasteiger partial charge in [-0.2, -0.15) is 0 Å². The Kier molecular flexibility index (Phi) is 15.8. The Hall–Kier alpha value is -2.89. The van der Waals surface area contributed by atoms with E-state index in [1.165, 1.54) is 56.9 Å². The second kappa shape index (κ2) is 19.3. The van der Waals surface area contributed by atoms with Crippen LogP contribution in [0, 0.1) is 0 Å². The average Bonchev–Trinajstić information content (AvgIpc) is 3.41. The highest BCUT2D eigenvalue weighted by Crippen LogP contribution is 2.17. The number of esters is 2. The number of carbonyl (C=O) groups excluding carboxylic acids is 2. The molecule has 0 saturated heterocycles. The predicted octanol–water partition coefficient (Wildman–Crippen LogP) is 7.77. The van der Waals surface area contributed by atoms with E-state index in [4.69, 9.17) is 9.47 Å². The molecule has 1 aliphatic heterocycles. The molecule has 37 heavy (non-hydrogen) atoms. The van der Waals surface area contributed by atoms with Crippen molar-refractivity contribution >= 4 is 17.8 Å². The topological polar surface area (TPSA) is 77.5 Å². The summed E-state index contributed by atoms with van der Waals surface area (Å²) < 4.78 is 10.7. The maximum absolute atomic E-state index is 12.4. The first-order valence-corrected chi connectivity index (χ1v) is 14.3. The van der Waals surface area contributed by atoms with Gasteiger partial charge in [-0.3, -0.25) is 0 Å². The van der Waals surface area contributed by atoms with E-state index in [1.807, 2.05) is 12.3 Å². The van der Waals surface area contributed by atoms with Crippen molar-refractivity contribution in [1.82, 2.24) is 4.98 Å². The fourth-order valence-corrected chi connectivity index (χ4v) is 4.20. The van der Waals surface area contributed by atoms with Crippen molar-refractivity contribution in [3.8, 4) is 0 Å². The monoisotopic (exact) mass is 510 g/mol. The van der Waals surface area contributed by atoms with E-state index in [-0.39, 0.29) is 0 Å². The molecule has 3 rings (SSSR count). The summed E-state index contributed by atoms with van der Waals surface area (Å²) in [5.74, 6) is 0.179. The lowest BCUT2D eigenvalue weighted by Gasteiger charge is -2.10. The summed E-state index contributed by atoms with van der Waals surface area (Å²) in [6, 6.07) is 10.8. The molecule has 2 heterocycles. The van der Waals surface area contributed by atoms with Gasteiger partial charge in [0.25, 0.3) is 0 Å². The number of pyridine rings is 1. The van der Waals surface area contributed by atoms with Crippen LogP contribution in [0.15, 0.2) is 42.6 Å². The van der Waals surface area contributed by atoms with Gasteiger partial charge in [-0.25, -0.2) is 14.6 Å². The normalized spacial score (nSPS) is 11.6. The Morgan fingerprint density at radius 2 is 1.24 bits per heavy atom. The summed E-state index contributed by atoms with van der Waals surface area (Å²) in [5.41, 5.74) is 1.93. The van der Waals surface area contributed by atoms with E-state index >= 15 is 0 Å². The van der Waals surface area contributed by atoms with Crippen LogP contribution in [-0.2, 0) is 15.9 Å². The van der Waals surface area contributed by atoms with E-state index < -0.39 is 11.9 Å². The van der Waals surface area contributed by atoms with Crippen molar-refractivity contribution in [3.63, 3.8) is 0 Å². The molecule has 0 radical (unpaired) electrons. The van der Waals surface area contributed by atoms with Crippen molar-refractivity contribution in [1.29, 1.82) is 0 Å². The standard InChI is InChI=1S/C24H38O4.C7H8N2/c1-3-5-7-9-11-15-19-27-23(25)21-17-13-14-18-22(21)24(26)28-20-16-12-10-8-6-4-2;1-2-6-3-5-9-7(6)8-4-1/h13-14,17-18H,3-12,15-16,19-20H2,1-2H3;1-2,4H,3,5H2,(H,8,9). The molecule has 2 aromatic rings. The number of rotatable bonds is 16. The maximum atomic E-state index is 12.4. The van der Waals surface area contributed by atoms with E-state index in [0.29, 0.717) is 24.3 Å². The molecule has 1 aromatic carbocycles. The van der Waals surface area contributed by atoms with Gasteiger partial charge in [0.15, 0.2) is 0 Å². The lowest BCUT2D eigenvalue weighted by Crippen LogP contribution is -2.15. The van der Waals surface area contributed by atoms with Gasteiger partial charge in [0, 0.05) is 12.7 Å². The zero-order chi connectivity index (χ0) is 26.6. The Balaban J connectivity index is 0.000000439. The fraction of sp³-hybridized carbons (Fsp3) is 0.581. The fourth-order valence-electron chi connectivity index (χ4n) is 4.20. The second-order valence-electron chi connectivity index (χ2n) is 9.54. The maximum Gasteiger partial charge on any atom is 0.339 e. The number of nitrogens with one attached hydrogen (secondary N) is 1. The minimum absolute atomic E-state index is 0.293. The van der Waals surface area contributed by atoms with Gasteiger partial charge in [-0.05, 0) is 43.0 Å². The average molecular weight is 511 g/mol. The van der Waals surface area contributed by atoms with E-state index in [1.54, 1.807) is 24.3 Å². The first kappa shape index (κ1) is 30.3. The van der Waals surface area contributed by atoms with Crippen molar-refractivity contribution in [2.24, 2.45) is 0 Å². The van der Waals surface area contributed by atoms with Gasteiger partial charge in [0.05, 0.1) is 24.3 Å². The molecule has 0 aliphatic carbocycles. The van der Waals surface area contributed by atoms with Crippen LogP contribution in [0.2, 0.25) is 0 Å². The smallest absolute Gasteiger partial charge is 0.339 e. The summed E-state index contributed by atoms with van der Waals surface area (Å²) in [4.78, 5) is 28.9. The molecule has 0 atom stereocenters. The lowest BCUT2D eigenvalue weighted by atomic mass is 10.1. The zero-order valence-corrected chi connectivity index (χ0v) is 22.9. The third kappa shape index (κ3) is 12.3. The first-order chi connectivity index (χ1) is 18.2. The minimum atomic E-state index is -0.444. The number of fused-ring (bicyclic) bond motifs is 1. The summed E-state index contributed by atoms with van der Waals surface area (Å²) in [6.07, 6.45) is 16.6. The molecular weight excluding hydrogens is 464 g/mol. The molecule has 6 heteroatoms. The Bertz CT molecular complexity index is 844. The van der Waals surface area contributed by atoms with Crippen LogP contribution < -0.4 is 5.32 Å². The van der Waals surface area contributed by atoms with E-state index in [0.717, 1.165) is 44.5 Å². The van der Waals surface area contributed by atoms with E-state index in [2.05, 4.69) is 30.2 Å². The summed E-state index contributed by atoms with van der Waals surface area (Å²) in [7, 11) is 0. The molecule has 0 saturated carbocycles. The SMILES string of the molecule is CCCCCCCCOC(=O)c1ccccc1C(=O)OCCCCCCCC.c1cnc2c(c1)CCN2. The van der Waals surface area contributed by atoms with Gasteiger partial charge >= 0.3 is 11.9 Å². The third-order valence-corrected chi connectivity index (χ3v) is 6.41. The van der Waals surface area contributed by atoms with Crippen LogP contribution in [0.4, 0.5) is 5.82 Å². The number of unbranched alkanes of at least 4 members (excludes halogenated alkanes) is 10. The number of benzene rings is 1. The number of aromatic nitrogens is 1. The van der Waals surface area contributed by atoms with Crippen molar-refractivity contribution in [2.45, 2.75) is 97.3 Å². The lowest BCUT2D eigenvalue weighted by molar-refractivity contribution is 0.0450. The van der Waals surface area contributed by atoms with Gasteiger partial charge in [-0.15, -0.1) is 0 Å². The molecular formula is C31H46N2O4. The van der Waals surface area contributed by atoms with E-state index in [9.17, 15) is 9.59 Å². The third-order valence-electron chi connectivity index (χ3n) is 6.41. The number of ether oxygens (including phenoxy) is 2. The summed E-state index contributed by atoms with van der Waals surface area (Å²) in [6.45, 7) is 6.22. The minimum Gasteiger partial charge on any atom is -0.462 e. The molecule has 0 spiro atoms. The quantitative estimate of drug-likeness (QED) is 0.184. The Morgan fingerprint density at radius 3 is 1.76 bits per heavy atom. The van der Waals surface area contributed by atoms with Crippen molar-refractivity contribution in [3.05, 3.63) is 59.3 Å². The van der Waals surface area contributed by atoms with Crippen LogP contribution in [-0.4, -0.2) is 36.7 Å². The largest absolute Gasteiger partial charge is 0.462 e. The highest BCUT2D eigenvalue weighted by atomic mass is 16.5. The highest BCUT2D eigenvalue weighted by molar-refractivity contribution is 6.03. The van der Waals surface area contributed by atoms with Crippen molar-refractivity contribution < 1.29 is 19.1 Å². The Labute approximate surface area is 223 Å². The second-order valence-corrected chi connectivity index (χ2v) is 9.54. The number of hydrogen-bond donors (Lipinski definition) is 1. The van der Waals surface area contributed by atoms with Gasteiger partial charge < -0.3 is 14.8 Å². The molecule has 1 aliphatic rings. The van der Waals surface area contributed by atoms with Crippen LogP contribution in [0.25, 0.3) is 0 Å². The highest BCUT2D eigenvalue weighted by Gasteiger charge is 2.18. The molecule has 204 valence electrons. The predicted molar refractivity (Wildman–Crippen MR) is 150 cm³/mol. The van der Waals surface area contributed by atoms with Crippen LogP contribution in [0.3, 0.4) is 0 Å². The van der Waals surface area contributed by atoms with Gasteiger partial charge in [0.2, 0.25) is 0 Å². The Morgan fingerprint density at radius 1 is 0.730 bits per heavy atom. The molecule has 0 bridgehead atoms. The molecule has 6 nitrogen and oxygen atoms in total.